The number of rotatable bonds is 8. The highest BCUT2D eigenvalue weighted by Gasteiger charge is 2.54. The van der Waals surface area contributed by atoms with Crippen molar-refractivity contribution in [3.05, 3.63) is 78.0 Å². The van der Waals surface area contributed by atoms with Crippen LogP contribution in [0.5, 0.6) is 0 Å². The summed E-state index contributed by atoms with van der Waals surface area (Å²) >= 11 is 0. The maximum atomic E-state index is 13.8. The van der Waals surface area contributed by atoms with E-state index in [-0.39, 0.29) is 18.0 Å². The number of carbonyl (C=O) groups is 2. The number of aromatic amines is 1. The lowest BCUT2D eigenvalue weighted by atomic mass is 9.96. The molecule has 2 atom stereocenters. The highest BCUT2D eigenvalue weighted by atomic mass is 16.2. The number of amides is 3. The van der Waals surface area contributed by atoms with Crippen LogP contribution in [-0.4, -0.2) is 82.1 Å². The smallest absolute Gasteiger partial charge is 0.318 e. The second kappa shape index (κ2) is 10.6. The number of hydrogen-bond acceptors (Lipinski definition) is 7. The summed E-state index contributed by atoms with van der Waals surface area (Å²) in [6.07, 6.45) is 1.23. The minimum absolute atomic E-state index is 0.117. The number of fused-ring (bicyclic) bond motifs is 1. The van der Waals surface area contributed by atoms with E-state index in [0.29, 0.717) is 24.7 Å². The Hall–Kier alpha value is -4.35. The van der Waals surface area contributed by atoms with Gasteiger partial charge in [-0.3, -0.25) is 4.79 Å². The number of benzene rings is 2. The number of hydrogen-bond donors (Lipinski definition) is 5. The van der Waals surface area contributed by atoms with Crippen molar-refractivity contribution in [3.8, 4) is 0 Å². The molecule has 0 saturated heterocycles. The van der Waals surface area contributed by atoms with Crippen LogP contribution in [0, 0.1) is 0 Å². The second-order valence-corrected chi connectivity index (χ2v) is 11.6. The molecule has 0 fully saturated rings. The molecule has 5 rings (SSSR count). The summed E-state index contributed by atoms with van der Waals surface area (Å²) in [5.74, 6) is 0.293. The van der Waals surface area contributed by atoms with Crippen LogP contribution >= 0.6 is 0 Å². The number of imidazole rings is 1. The zero-order chi connectivity index (χ0) is 29.5. The molecule has 41 heavy (non-hydrogen) atoms. The maximum Gasteiger partial charge on any atom is 0.318 e. The van der Waals surface area contributed by atoms with Crippen LogP contribution < -0.4 is 21.4 Å². The maximum absolute atomic E-state index is 13.8. The van der Waals surface area contributed by atoms with Gasteiger partial charge in [0, 0.05) is 24.9 Å². The number of aromatic nitrogens is 2. The molecular weight excluding hydrogens is 518 g/mol. The SMILES string of the molecule is C=CC(=O)Nc1ccc2nc(NC3(C)NN(C)C4=C3CN(C(=O)N[C@H](CN(C)C)c3ccccc3)C4(C)C)[nH]c2c1. The normalized spacial score (nSPS) is 20.4. The van der Waals surface area contributed by atoms with Crippen molar-refractivity contribution < 1.29 is 9.59 Å². The molecule has 2 aliphatic heterocycles. The Morgan fingerprint density at radius 2 is 1.90 bits per heavy atom. The molecule has 0 aliphatic carbocycles. The minimum atomic E-state index is -0.702. The fourth-order valence-corrected chi connectivity index (χ4v) is 5.91. The molecule has 11 nitrogen and oxygen atoms in total. The molecule has 216 valence electrons. The lowest BCUT2D eigenvalue weighted by Gasteiger charge is -2.40. The van der Waals surface area contributed by atoms with Crippen molar-refractivity contribution in [2.75, 3.05) is 44.9 Å². The van der Waals surface area contributed by atoms with Gasteiger partial charge in [-0.1, -0.05) is 36.9 Å². The number of hydrazine groups is 1. The summed E-state index contributed by atoms with van der Waals surface area (Å²) in [5, 5.41) is 11.6. The zero-order valence-corrected chi connectivity index (χ0v) is 24.5. The van der Waals surface area contributed by atoms with E-state index in [2.05, 4.69) is 51.7 Å². The van der Waals surface area contributed by atoms with Crippen molar-refractivity contribution in [1.82, 2.24) is 35.5 Å². The zero-order valence-electron chi connectivity index (χ0n) is 24.5. The summed E-state index contributed by atoms with van der Waals surface area (Å²) in [5.41, 5.74) is 7.61. The Balaban J connectivity index is 1.37. The predicted octanol–water partition coefficient (Wildman–Crippen LogP) is 3.63. The second-order valence-electron chi connectivity index (χ2n) is 11.6. The number of likely N-dealkylation sites (N-methyl/N-ethyl adjacent to an activating group) is 2. The third-order valence-corrected chi connectivity index (χ3v) is 7.78. The van der Waals surface area contributed by atoms with Gasteiger partial charge in [-0.2, -0.15) is 0 Å². The van der Waals surface area contributed by atoms with E-state index < -0.39 is 11.2 Å². The quantitative estimate of drug-likeness (QED) is 0.268. The lowest BCUT2D eigenvalue weighted by Crippen LogP contribution is -2.58. The number of nitrogens with one attached hydrogen (secondary N) is 5. The number of urea groups is 1. The fourth-order valence-electron chi connectivity index (χ4n) is 5.91. The average Bonchev–Trinajstić information content (AvgIpc) is 3.52. The first kappa shape index (κ1) is 28.2. The van der Waals surface area contributed by atoms with E-state index in [9.17, 15) is 9.59 Å². The van der Waals surface area contributed by atoms with Crippen LogP contribution in [0.3, 0.4) is 0 Å². The number of H-pyrrole nitrogens is 1. The Morgan fingerprint density at radius 1 is 1.17 bits per heavy atom. The van der Waals surface area contributed by atoms with Gasteiger partial charge in [-0.25, -0.2) is 15.2 Å². The molecule has 0 saturated carbocycles. The minimum Gasteiger partial charge on any atom is -0.333 e. The van der Waals surface area contributed by atoms with Crippen LogP contribution in [0.2, 0.25) is 0 Å². The highest BCUT2D eigenvalue weighted by molar-refractivity contribution is 6.00. The van der Waals surface area contributed by atoms with Crippen LogP contribution in [-0.2, 0) is 4.79 Å². The summed E-state index contributed by atoms with van der Waals surface area (Å²) in [6, 6.07) is 15.3. The largest absolute Gasteiger partial charge is 0.333 e. The van der Waals surface area contributed by atoms with Gasteiger partial charge < -0.3 is 35.7 Å². The van der Waals surface area contributed by atoms with Crippen molar-refractivity contribution in [2.45, 2.75) is 38.0 Å². The molecule has 11 heteroatoms. The van der Waals surface area contributed by atoms with E-state index in [1.165, 1.54) is 6.08 Å². The molecule has 2 aromatic carbocycles. The molecule has 0 spiro atoms. The lowest BCUT2D eigenvalue weighted by molar-refractivity contribution is -0.111. The van der Waals surface area contributed by atoms with Crippen molar-refractivity contribution in [3.63, 3.8) is 0 Å². The molecule has 1 aromatic heterocycles. The third-order valence-electron chi connectivity index (χ3n) is 7.78. The van der Waals surface area contributed by atoms with Gasteiger partial charge >= 0.3 is 6.03 Å². The van der Waals surface area contributed by atoms with Gasteiger partial charge in [0.1, 0.15) is 5.66 Å². The van der Waals surface area contributed by atoms with E-state index in [1.807, 2.05) is 80.4 Å². The highest BCUT2D eigenvalue weighted by Crippen LogP contribution is 2.44. The third kappa shape index (κ3) is 5.38. The monoisotopic (exact) mass is 557 g/mol. The molecule has 5 N–H and O–H groups in total. The molecule has 1 unspecified atom stereocenters. The van der Waals surface area contributed by atoms with Crippen LogP contribution in [0.4, 0.5) is 16.4 Å². The Bertz CT molecular complexity index is 1510. The molecular formula is C30H39N9O2. The first-order chi connectivity index (χ1) is 19.4. The molecule has 2 aliphatic rings. The van der Waals surface area contributed by atoms with Gasteiger partial charge in [0.25, 0.3) is 0 Å². The molecule has 0 radical (unpaired) electrons. The summed E-state index contributed by atoms with van der Waals surface area (Å²) in [6.45, 7) is 10.8. The number of anilines is 2. The van der Waals surface area contributed by atoms with Crippen molar-refractivity contribution in [1.29, 1.82) is 0 Å². The molecule has 3 heterocycles. The summed E-state index contributed by atoms with van der Waals surface area (Å²) < 4.78 is 0. The van der Waals surface area contributed by atoms with Gasteiger partial charge in [-0.05, 0) is 64.7 Å². The topological polar surface area (TPSA) is 121 Å². The summed E-state index contributed by atoms with van der Waals surface area (Å²) in [7, 11) is 5.98. The first-order valence-corrected chi connectivity index (χ1v) is 13.7. The van der Waals surface area contributed by atoms with Gasteiger partial charge in [0.2, 0.25) is 11.9 Å². The number of nitrogens with zero attached hydrogens (tertiary/aromatic N) is 4. The van der Waals surface area contributed by atoms with Crippen molar-refractivity contribution >= 4 is 34.6 Å². The van der Waals surface area contributed by atoms with Crippen LogP contribution in [0.1, 0.15) is 32.4 Å². The van der Waals surface area contributed by atoms with Crippen LogP contribution in [0.25, 0.3) is 11.0 Å². The molecule has 0 bridgehead atoms. The van der Waals surface area contributed by atoms with Gasteiger partial charge in [0.05, 0.1) is 34.9 Å². The van der Waals surface area contributed by atoms with E-state index in [0.717, 1.165) is 27.9 Å². The van der Waals surface area contributed by atoms with E-state index in [4.69, 9.17) is 4.98 Å². The first-order valence-electron chi connectivity index (χ1n) is 13.7. The predicted molar refractivity (Wildman–Crippen MR) is 162 cm³/mol. The average molecular weight is 558 g/mol. The fraction of sp³-hybridized carbons (Fsp3) is 0.367. The van der Waals surface area contributed by atoms with Gasteiger partial charge in [-0.15, -0.1) is 0 Å². The van der Waals surface area contributed by atoms with E-state index >= 15 is 0 Å². The Labute approximate surface area is 240 Å². The Morgan fingerprint density at radius 3 is 2.59 bits per heavy atom. The van der Waals surface area contributed by atoms with Gasteiger partial charge in [0.15, 0.2) is 0 Å². The van der Waals surface area contributed by atoms with Crippen LogP contribution in [0.15, 0.2) is 72.5 Å². The molecule has 3 aromatic rings. The molecule has 3 amide bonds. The number of carbonyl (C=O) groups excluding carboxylic acids is 2. The Kier molecular flexibility index (Phi) is 7.26. The van der Waals surface area contributed by atoms with E-state index in [1.54, 1.807) is 6.07 Å². The van der Waals surface area contributed by atoms with Crippen molar-refractivity contribution in [2.24, 2.45) is 0 Å². The summed E-state index contributed by atoms with van der Waals surface area (Å²) in [4.78, 5) is 37.6. The standard InChI is InChI=1S/C30H39N9O2/c1-8-25(40)31-20-14-15-22-23(16-20)33-27(32-22)35-30(4)21-17-39(29(2,3)26(21)38(7)36-30)28(41)34-24(18-37(5)6)19-12-10-9-11-13-19/h8-16,24,36H,1,17-18H2,2-7H3,(H,31,40)(H,34,41)(H2,32,33,35)/t24-,30?/m1/s1.